The predicted molar refractivity (Wildman–Crippen MR) is 118 cm³/mol. The minimum Gasteiger partial charge on any atom is -0.369 e. The fourth-order valence-corrected chi connectivity index (χ4v) is 4.02. The number of nitrogens with zero attached hydrogens (tertiary/aromatic N) is 2. The Morgan fingerprint density at radius 3 is 1.87 bits per heavy atom. The number of rotatable bonds is 4. The second-order valence-corrected chi connectivity index (χ2v) is 8.27. The van der Waals surface area contributed by atoms with Crippen LogP contribution in [-0.4, -0.2) is 27.0 Å². The van der Waals surface area contributed by atoms with Crippen LogP contribution in [0.3, 0.4) is 0 Å². The highest BCUT2D eigenvalue weighted by molar-refractivity contribution is 5.77. The Morgan fingerprint density at radius 1 is 0.737 bits per heavy atom. The van der Waals surface area contributed by atoms with Crippen LogP contribution in [0.2, 0.25) is 0 Å². The molecule has 200 valence electrons. The van der Waals surface area contributed by atoms with Gasteiger partial charge in [0.25, 0.3) is 11.2 Å². The van der Waals surface area contributed by atoms with Crippen molar-refractivity contribution in [3.63, 3.8) is 0 Å². The van der Waals surface area contributed by atoms with Crippen LogP contribution in [0.1, 0.15) is 22.5 Å². The smallest absolute Gasteiger partial charge is 0.369 e. The van der Waals surface area contributed by atoms with Crippen LogP contribution in [0, 0.1) is 0 Å². The molecule has 0 spiro atoms. The number of hydrogen-bond donors (Lipinski definition) is 1. The Kier molecular flexibility index (Phi) is 6.54. The highest BCUT2D eigenvalue weighted by atomic mass is 19.4. The van der Waals surface area contributed by atoms with Crippen LogP contribution in [-0.2, 0) is 18.2 Å². The molecule has 3 aromatic carbocycles. The second-order valence-electron chi connectivity index (χ2n) is 8.27. The molecule has 4 aromatic rings. The molecule has 0 radical (unpaired) electrons. The second kappa shape index (κ2) is 9.15. The lowest BCUT2D eigenvalue weighted by atomic mass is 9.92. The Hall–Kier alpha value is -3.87. The molecule has 0 atom stereocenters. The van der Waals surface area contributed by atoms with Gasteiger partial charge in [-0.3, -0.25) is 9.36 Å². The van der Waals surface area contributed by atoms with Crippen molar-refractivity contribution in [2.75, 3.05) is 0 Å². The van der Waals surface area contributed by atoms with Gasteiger partial charge >= 0.3 is 18.5 Å². The summed E-state index contributed by atoms with van der Waals surface area (Å²) in [6.45, 7) is 0. The van der Waals surface area contributed by atoms with Gasteiger partial charge in [-0.05, 0) is 35.9 Å². The molecule has 4 nitrogen and oxygen atoms in total. The van der Waals surface area contributed by atoms with Crippen LogP contribution < -0.4 is 5.56 Å². The van der Waals surface area contributed by atoms with Crippen molar-refractivity contribution in [1.29, 1.82) is 0 Å². The molecule has 0 fully saturated rings. The van der Waals surface area contributed by atoms with Gasteiger partial charge in [-0.1, -0.05) is 42.5 Å². The van der Waals surface area contributed by atoms with Crippen molar-refractivity contribution >= 4 is 10.9 Å². The summed E-state index contributed by atoms with van der Waals surface area (Å²) in [6.07, 6.45) is -17.5. The van der Waals surface area contributed by atoms with E-state index in [9.17, 15) is 49.4 Å². The van der Waals surface area contributed by atoms with Crippen LogP contribution in [0.15, 0.2) is 77.6 Å². The Morgan fingerprint density at radius 2 is 1.29 bits per heavy atom. The third-order valence-electron chi connectivity index (χ3n) is 5.88. The zero-order valence-corrected chi connectivity index (χ0v) is 18.8. The molecule has 1 aromatic heterocycles. The number of alkyl halides is 9. The van der Waals surface area contributed by atoms with E-state index in [0.717, 1.165) is 34.9 Å². The minimum absolute atomic E-state index is 0.00604. The molecular formula is C25H15F9N2O2. The fourth-order valence-electron chi connectivity index (χ4n) is 4.02. The first kappa shape index (κ1) is 27.2. The lowest BCUT2D eigenvalue weighted by Gasteiger charge is -2.32. The van der Waals surface area contributed by atoms with E-state index >= 15 is 0 Å². The van der Waals surface area contributed by atoms with Crippen molar-refractivity contribution in [3.05, 3.63) is 106 Å². The van der Waals surface area contributed by atoms with E-state index in [1.54, 1.807) is 0 Å². The largest absolute Gasteiger partial charge is 0.430 e. The van der Waals surface area contributed by atoms with Crippen LogP contribution in [0.25, 0.3) is 16.6 Å². The maximum Gasteiger partial charge on any atom is 0.430 e. The molecule has 1 N–H and O–H groups in total. The summed E-state index contributed by atoms with van der Waals surface area (Å²) in [7, 11) is 0. The predicted octanol–water partition coefficient (Wildman–Crippen LogP) is 6.31. The number of para-hydroxylation sites is 1. The van der Waals surface area contributed by atoms with Gasteiger partial charge in [0.2, 0.25) is 0 Å². The number of benzene rings is 3. The Bertz CT molecular complexity index is 1520. The van der Waals surface area contributed by atoms with Crippen molar-refractivity contribution in [1.82, 2.24) is 9.55 Å². The SMILES string of the molecule is O=c1c2ccccc2nc(Cc2ccccc2C(F)(F)F)n1-c1ccc(C(O)(C(F)(F)F)C(F)(F)F)cc1. The van der Waals surface area contributed by atoms with Crippen molar-refractivity contribution in [2.45, 2.75) is 30.6 Å². The van der Waals surface area contributed by atoms with E-state index in [-0.39, 0.29) is 28.0 Å². The van der Waals surface area contributed by atoms with Crippen molar-refractivity contribution < 1.29 is 44.6 Å². The lowest BCUT2D eigenvalue weighted by molar-refractivity contribution is -0.376. The van der Waals surface area contributed by atoms with Gasteiger partial charge in [-0.25, -0.2) is 4.98 Å². The van der Waals surface area contributed by atoms with E-state index in [1.807, 2.05) is 0 Å². The zero-order chi connectivity index (χ0) is 28.1. The normalized spacial score (nSPS) is 13.2. The van der Waals surface area contributed by atoms with Crippen molar-refractivity contribution in [2.24, 2.45) is 0 Å². The van der Waals surface area contributed by atoms with Crippen molar-refractivity contribution in [3.8, 4) is 5.69 Å². The molecule has 0 aliphatic heterocycles. The number of fused-ring (bicyclic) bond motifs is 1. The number of aliphatic hydroxyl groups is 1. The van der Waals surface area contributed by atoms with E-state index in [0.29, 0.717) is 12.1 Å². The summed E-state index contributed by atoms with van der Waals surface area (Å²) in [6, 6.07) is 12.4. The molecule has 0 bridgehead atoms. The molecule has 0 unspecified atom stereocenters. The fraction of sp³-hybridized carbons (Fsp3) is 0.200. The molecule has 0 saturated heterocycles. The van der Waals surface area contributed by atoms with Crippen LogP contribution in [0.5, 0.6) is 0 Å². The maximum absolute atomic E-state index is 13.6. The molecule has 38 heavy (non-hydrogen) atoms. The summed E-state index contributed by atoms with van der Waals surface area (Å²) in [5.74, 6) is -0.250. The molecule has 0 aliphatic rings. The topological polar surface area (TPSA) is 55.1 Å². The van der Waals surface area contributed by atoms with Gasteiger partial charge in [0.15, 0.2) is 0 Å². The first-order chi connectivity index (χ1) is 17.6. The molecular weight excluding hydrogens is 531 g/mol. The number of hydrogen-bond acceptors (Lipinski definition) is 3. The van der Waals surface area contributed by atoms with E-state index in [1.165, 1.54) is 30.3 Å². The first-order valence-electron chi connectivity index (χ1n) is 10.7. The lowest BCUT2D eigenvalue weighted by Crippen LogP contribution is -2.53. The van der Waals surface area contributed by atoms with Crippen LogP contribution >= 0.6 is 0 Å². The standard InChI is InChI=1S/C25H15F9N2O2/c26-23(27,28)18-7-3-1-5-14(18)13-20-35-19-8-4-2-6-17(19)21(37)36(20)16-11-9-15(10-12-16)22(38,24(29,30)31)25(32,33)34/h1-12,38H,13H2. The van der Waals surface area contributed by atoms with Gasteiger partial charge in [0.05, 0.1) is 22.2 Å². The van der Waals surface area contributed by atoms with E-state index < -0.39 is 47.2 Å². The molecule has 0 amide bonds. The molecule has 0 aliphatic carbocycles. The number of aromatic nitrogens is 2. The van der Waals surface area contributed by atoms with Gasteiger partial charge < -0.3 is 5.11 Å². The average Bonchev–Trinajstić information content (AvgIpc) is 2.82. The van der Waals surface area contributed by atoms with Gasteiger partial charge in [-0.2, -0.15) is 39.5 Å². The Balaban J connectivity index is 1.92. The summed E-state index contributed by atoms with van der Waals surface area (Å²) in [5, 5.41) is 9.64. The van der Waals surface area contributed by atoms with Gasteiger partial charge in [0, 0.05) is 12.0 Å². The molecule has 1 heterocycles. The molecule has 13 heteroatoms. The van der Waals surface area contributed by atoms with Gasteiger partial charge in [-0.15, -0.1) is 0 Å². The first-order valence-corrected chi connectivity index (χ1v) is 10.7. The summed E-state index contributed by atoms with van der Waals surface area (Å²) in [4.78, 5) is 17.6. The van der Waals surface area contributed by atoms with E-state index in [4.69, 9.17) is 0 Å². The quantitative estimate of drug-likeness (QED) is 0.306. The summed E-state index contributed by atoms with van der Waals surface area (Å²) >= 11 is 0. The number of halogens is 9. The average molecular weight is 546 g/mol. The summed E-state index contributed by atoms with van der Waals surface area (Å²) in [5.41, 5.74) is -9.01. The summed E-state index contributed by atoms with van der Waals surface area (Å²) < 4.78 is 121. The highest BCUT2D eigenvalue weighted by Gasteiger charge is 2.71. The highest BCUT2D eigenvalue weighted by Crippen LogP contribution is 2.50. The van der Waals surface area contributed by atoms with Gasteiger partial charge in [0.1, 0.15) is 5.82 Å². The monoisotopic (exact) mass is 546 g/mol. The van der Waals surface area contributed by atoms with Crippen LogP contribution in [0.4, 0.5) is 39.5 Å². The Labute approximate surface area is 207 Å². The molecule has 0 saturated carbocycles. The third kappa shape index (κ3) is 4.62. The minimum atomic E-state index is -6.12. The third-order valence-corrected chi connectivity index (χ3v) is 5.88. The maximum atomic E-state index is 13.6. The zero-order valence-electron chi connectivity index (χ0n) is 18.8. The van der Waals surface area contributed by atoms with E-state index in [2.05, 4.69) is 4.98 Å². The molecule has 4 rings (SSSR count).